The molecular formula is N2O4Zn. The zero-order chi connectivity index (χ0) is 5.41. The van der Waals surface area contributed by atoms with Crippen LogP contribution in [-0.4, -0.2) is 0 Å². The Balaban J connectivity index is -0.0000000400. The van der Waals surface area contributed by atoms with E-state index in [2.05, 4.69) is 0 Å². The van der Waals surface area contributed by atoms with Gasteiger partial charge >= 0.3 is 19.5 Å². The molecule has 0 saturated carbocycles. The van der Waals surface area contributed by atoms with Gasteiger partial charge in [0.15, 0.2) is 0 Å². The molecule has 0 spiro atoms. The molecule has 0 atom stereocenters. The van der Waals surface area contributed by atoms with E-state index in [1.165, 1.54) is 0 Å². The third kappa shape index (κ3) is 191. The molecule has 0 saturated heterocycles. The summed E-state index contributed by atoms with van der Waals surface area (Å²) in [6.45, 7) is 0. The zero-order valence-electron chi connectivity index (χ0n) is 3.23. The van der Waals surface area contributed by atoms with E-state index < -0.39 is 0 Å². The van der Waals surface area contributed by atoms with Crippen LogP contribution in [0.4, 0.5) is 0 Å². The second-order valence-electron chi connectivity index (χ2n) is 0.149. The van der Waals surface area contributed by atoms with Crippen molar-refractivity contribution < 1.29 is 19.5 Å². The number of nitrogens with zero attached hydrogens (tertiary/aromatic N) is 2. The van der Waals surface area contributed by atoms with Gasteiger partial charge in [0, 0.05) is 0 Å². The van der Waals surface area contributed by atoms with E-state index in [4.69, 9.17) is 20.2 Å². The molecule has 0 amide bonds. The predicted molar refractivity (Wildman–Crippen MR) is 18.3 cm³/mol. The van der Waals surface area contributed by atoms with Gasteiger partial charge < -0.3 is 20.2 Å². The first-order valence-corrected chi connectivity index (χ1v) is 0.730. The van der Waals surface area contributed by atoms with E-state index in [1.807, 2.05) is 0 Å². The van der Waals surface area contributed by atoms with Gasteiger partial charge in [-0.1, -0.05) is 0 Å². The van der Waals surface area contributed by atoms with Crippen LogP contribution in [-0.2, 0) is 19.5 Å². The molecular weight excluding hydrogens is 157 g/mol. The van der Waals surface area contributed by atoms with Gasteiger partial charge in [-0.25, -0.2) is 0 Å². The summed E-state index contributed by atoms with van der Waals surface area (Å²) < 4.78 is 0. The third-order valence-corrected chi connectivity index (χ3v) is 0. The summed E-state index contributed by atoms with van der Waals surface area (Å²) in [4.78, 5) is 16.0. The van der Waals surface area contributed by atoms with Crippen LogP contribution in [0.2, 0.25) is 0 Å². The Bertz CT molecular complexity index is 30.7. The van der Waals surface area contributed by atoms with Gasteiger partial charge in [0.25, 0.3) is 0 Å². The maximum atomic E-state index is 8.00. The van der Waals surface area contributed by atoms with E-state index in [9.17, 15) is 0 Å². The molecule has 7 heteroatoms. The van der Waals surface area contributed by atoms with Crippen LogP contribution in [0.1, 0.15) is 0 Å². The van der Waals surface area contributed by atoms with Crippen molar-refractivity contribution in [1.29, 1.82) is 0 Å². The van der Waals surface area contributed by atoms with E-state index in [0.717, 1.165) is 10.7 Å². The molecule has 0 radical (unpaired) electrons. The van der Waals surface area contributed by atoms with Crippen LogP contribution in [0.5, 0.6) is 0 Å². The summed E-state index contributed by atoms with van der Waals surface area (Å²) in [6.07, 6.45) is 0. The van der Waals surface area contributed by atoms with E-state index in [1.54, 1.807) is 0 Å². The van der Waals surface area contributed by atoms with Crippen molar-refractivity contribution >= 4 is 0 Å². The molecule has 6 nitrogen and oxygen atoms in total. The number of hydrogen-bond donors (Lipinski definition) is 0. The van der Waals surface area contributed by atoms with Crippen LogP contribution in [0.3, 0.4) is 0 Å². The Morgan fingerprint density at radius 1 is 1.00 bits per heavy atom. The molecule has 0 aliphatic rings. The first kappa shape index (κ1) is 16.1. The maximum Gasteiger partial charge on any atom is 2.00 e. The summed E-state index contributed by atoms with van der Waals surface area (Å²) in [5.41, 5.74) is 0. The molecule has 0 fully saturated rings. The fraction of sp³-hybridized carbons (Fsp3) is 0. The summed E-state index contributed by atoms with van der Waals surface area (Å²) in [6, 6.07) is 0. The SMILES string of the molecule is O=N[O-].O=N[O-].[Zn+2]. The maximum absolute atomic E-state index is 8.00. The normalized spacial score (nSPS) is 3.43. The van der Waals surface area contributed by atoms with Crippen molar-refractivity contribution in [2.45, 2.75) is 0 Å². The molecule has 0 aliphatic carbocycles. The molecule has 0 aromatic heterocycles. The molecule has 0 aromatic rings. The molecule has 36 valence electrons. The zero-order valence-corrected chi connectivity index (χ0v) is 6.20. The minimum absolute atomic E-state index is 0. The summed E-state index contributed by atoms with van der Waals surface area (Å²) in [5, 5.41) is 18.0. The average Bonchev–Trinajstić information content (AvgIpc) is 1.39. The van der Waals surface area contributed by atoms with E-state index >= 15 is 0 Å². The molecule has 0 aromatic carbocycles. The summed E-state index contributed by atoms with van der Waals surface area (Å²) in [5.74, 6) is 0. The monoisotopic (exact) mass is 156 g/mol. The minimum Gasteiger partial charge on any atom is -0.444 e. The Morgan fingerprint density at radius 2 is 1.00 bits per heavy atom. The van der Waals surface area contributed by atoms with Gasteiger partial charge in [0.1, 0.15) is 0 Å². The summed E-state index contributed by atoms with van der Waals surface area (Å²) in [7, 11) is 0. The second kappa shape index (κ2) is 52.4. The number of hydrogen-bond acceptors (Lipinski definition) is 6. The standard InChI is InChI=1S/2HNO2.Zn/c2*2-1-3;/h2*(H,2,3);/q;;+2/p-2. The van der Waals surface area contributed by atoms with E-state index in [-0.39, 0.29) is 19.5 Å². The Kier molecular flexibility index (Phi) is 121. The van der Waals surface area contributed by atoms with Gasteiger partial charge in [-0.15, -0.1) is 10.7 Å². The predicted octanol–water partition coefficient (Wildman–Crippen LogP) is 0.499. The minimum atomic E-state index is 0. The van der Waals surface area contributed by atoms with Gasteiger partial charge in [0.05, 0.1) is 0 Å². The fourth-order valence-electron chi connectivity index (χ4n) is 0. The summed E-state index contributed by atoms with van der Waals surface area (Å²) >= 11 is 0. The first-order valence-electron chi connectivity index (χ1n) is 0.730. The molecule has 0 unspecified atom stereocenters. The fourth-order valence-corrected chi connectivity index (χ4v) is 0. The van der Waals surface area contributed by atoms with Crippen molar-refractivity contribution in [3.8, 4) is 0 Å². The van der Waals surface area contributed by atoms with Crippen LogP contribution in [0.15, 0.2) is 10.7 Å². The quantitative estimate of drug-likeness (QED) is 0.290. The molecule has 0 heterocycles. The van der Waals surface area contributed by atoms with E-state index in [0.29, 0.717) is 0 Å². The molecule has 7 heavy (non-hydrogen) atoms. The van der Waals surface area contributed by atoms with Crippen molar-refractivity contribution in [2.75, 3.05) is 0 Å². The van der Waals surface area contributed by atoms with Gasteiger partial charge in [0.2, 0.25) is 0 Å². The van der Waals surface area contributed by atoms with Crippen LogP contribution in [0, 0.1) is 20.2 Å². The number of rotatable bonds is 0. The molecule has 0 rings (SSSR count). The topological polar surface area (TPSA) is 105 Å². The molecule has 0 aliphatic heterocycles. The van der Waals surface area contributed by atoms with Gasteiger partial charge in [-0.2, -0.15) is 0 Å². The van der Waals surface area contributed by atoms with Crippen molar-refractivity contribution in [3.63, 3.8) is 0 Å². The Morgan fingerprint density at radius 3 is 1.00 bits per heavy atom. The largest absolute Gasteiger partial charge is 2.00 e. The molecule has 0 N–H and O–H groups in total. The van der Waals surface area contributed by atoms with Crippen molar-refractivity contribution in [1.82, 2.24) is 0 Å². The third-order valence-electron chi connectivity index (χ3n) is 0. The average molecular weight is 157 g/mol. The van der Waals surface area contributed by atoms with Crippen LogP contribution in [0.25, 0.3) is 0 Å². The second-order valence-corrected chi connectivity index (χ2v) is 0.149. The van der Waals surface area contributed by atoms with Crippen LogP contribution < -0.4 is 0 Å². The Hall–Kier alpha value is -0.577. The first-order chi connectivity index (χ1) is 2.83. The van der Waals surface area contributed by atoms with Gasteiger partial charge in [-0.3, -0.25) is 0 Å². The molecule has 0 bridgehead atoms. The smallest absolute Gasteiger partial charge is 0.444 e. The van der Waals surface area contributed by atoms with Crippen LogP contribution >= 0.6 is 0 Å². The van der Waals surface area contributed by atoms with Crippen molar-refractivity contribution in [3.05, 3.63) is 20.2 Å². The Labute approximate surface area is 51.1 Å². The van der Waals surface area contributed by atoms with Gasteiger partial charge in [-0.05, 0) is 0 Å². The van der Waals surface area contributed by atoms with Crippen molar-refractivity contribution in [2.24, 2.45) is 10.7 Å².